The lowest BCUT2D eigenvalue weighted by atomic mass is 10.0. The van der Waals surface area contributed by atoms with Gasteiger partial charge in [-0.05, 0) is 25.7 Å². The average Bonchev–Trinajstić information content (AvgIpc) is 2.57. The van der Waals surface area contributed by atoms with E-state index in [2.05, 4.69) is 14.0 Å². The highest BCUT2D eigenvalue weighted by atomic mass is 15.4. The molecule has 3 atom stereocenters. The number of nitrogens with zero attached hydrogens (tertiary/aromatic N) is 1. The van der Waals surface area contributed by atoms with Gasteiger partial charge in [0.15, 0.2) is 0 Å². The summed E-state index contributed by atoms with van der Waals surface area (Å²) in [4.78, 5) is 0. The molecule has 1 aliphatic heterocycles. The molecule has 70 valence electrons. The predicted octanol–water partition coefficient (Wildman–Crippen LogP) is 2.42. The molecule has 1 saturated heterocycles. The Balaban J connectivity index is 2.06. The van der Waals surface area contributed by atoms with Crippen molar-refractivity contribution in [2.24, 2.45) is 5.92 Å². The number of hydrogen-bond acceptors (Lipinski definition) is 0. The number of quaternary nitrogens is 1. The van der Waals surface area contributed by atoms with Crippen LogP contribution in [0.3, 0.4) is 0 Å². The van der Waals surface area contributed by atoms with Crippen molar-refractivity contribution in [2.45, 2.75) is 45.1 Å². The first-order valence-corrected chi connectivity index (χ1v) is 5.60. The molecule has 1 heterocycles. The predicted molar refractivity (Wildman–Crippen MR) is 52.0 cm³/mol. The molecule has 0 bridgehead atoms. The highest BCUT2D eigenvalue weighted by molar-refractivity contribution is 4.83. The van der Waals surface area contributed by atoms with E-state index in [-0.39, 0.29) is 0 Å². The molecule has 0 amide bonds. The minimum atomic E-state index is 1.05. The lowest BCUT2D eigenvalue weighted by Gasteiger charge is -2.35. The normalized spacial score (nSPS) is 46.5. The van der Waals surface area contributed by atoms with Crippen molar-refractivity contribution in [1.82, 2.24) is 0 Å². The summed E-state index contributed by atoms with van der Waals surface area (Å²) in [5, 5.41) is 0. The first-order valence-electron chi connectivity index (χ1n) is 5.60. The smallest absolute Gasteiger partial charge is 0.0918 e. The van der Waals surface area contributed by atoms with Crippen LogP contribution in [0.5, 0.6) is 0 Å². The van der Waals surface area contributed by atoms with Crippen molar-refractivity contribution < 1.29 is 4.48 Å². The van der Waals surface area contributed by atoms with E-state index in [1.165, 1.54) is 49.7 Å². The van der Waals surface area contributed by atoms with Gasteiger partial charge in [-0.2, -0.15) is 0 Å². The fourth-order valence-electron chi connectivity index (χ4n) is 3.59. The third-order valence-electron chi connectivity index (χ3n) is 4.16. The Morgan fingerprint density at radius 2 is 2.08 bits per heavy atom. The Kier molecular flexibility index (Phi) is 2.16. The zero-order chi connectivity index (χ0) is 8.60. The number of fused-ring (bicyclic) bond motifs is 1. The third kappa shape index (κ3) is 1.19. The fraction of sp³-hybridized carbons (Fsp3) is 1.00. The molecule has 2 fully saturated rings. The highest BCUT2D eigenvalue weighted by Gasteiger charge is 2.46. The zero-order valence-corrected chi connectivity index (χ0v) is 8.55. The quantitative estimate of drug-likeness (QED) is 0.555. The number of rotatable bonds is 2. The Morgan fingerprint density at radius 1 is 1.25 bits per heavy atom. The average molecular weight is 168 g/mol. The topological polar surface area (TPSA) is 0 Å². The molecule has 1 nitrogen and oxygen atoms in total. The van der Waals surface area contributed by atoms with Gasteiger partial charge in [-0.15, -0.1) is 0 Å². The van der Waals surface area contributed by atoms with Crippen molar-refractivity contribution in [1.29, 1.82) is 0 Å². The van der Waals surface area contributed by atoms with Crippen molar-refractivity contribution in [2.75, 3.05) is 20.1 Å². The lowest BCUT2D eigenvalue weighted by Crippen LogP contribution is -2.48. The fourth-order valence-corrected chi connectivity index (χ4v) is 3.59. The van der Waals surface area contributed by atoms with E-state index < -0.39 is 0 Å². The molecule has 2 rings (SSSR count). The Labute approximate surface area is 76.3 Å². The van der Waals surface area contributed by atoms with Crippen LogP contribution in [0.25, 0.3) is 0 Å². The molecular weight excluding hydrogens is 146 g/mol. The van der Waals surface area contributed by atoms with Gasteiger partial charge in [-0.1, -0.05) is 6.92 Å². The molecular formula is C11H22N+. The Hall–Kier alpha value is -0.0400. The van der Waals surface area contributed by atoms with Crippen molar-refractivity contribution in [3.8, 4) is 0 Å². The monoisotopic (exact) mass is 168 g/mol. The molecule has 2 aliphatic rings. The van der Waals surface area contributed by atoms with E-state index in [9.17, 15) is 0 Å². The van der Waals surface area contributed by atoms with Gasteiger partial charge in [0.1, 0.15) is 0 Å². The van der Waals surface area contributed by atoms with Crippen LogP contribution in [0, 0.1) is 5.92 Å². The van der Waals surface area contributed by atoms with Crippen LogP contribution >= 0.6 is 0 Å². The standard InChI is InChI=1S/C11H22N/c1-3-8-12(2)9-7-10-5-4-6-11(10)12/h10-11H,3-9H2,1-2H3/q+1. The first kappa shape index (κ1) is 8.55. The van der Waals surface area contributed by atoms with E-state index in [0.717, 1.165) is 12.0 Å². The second-order valence-corrected chi connectivity index (χ2v) is 4.97. The summed E-state index contributed by atoms with van der Waals surface area (Å²) in [5.41, 5.74) is 0. The van der Waals surface area contributed by atoms with E-state index in [4.69, 9.17) is 0 Å². The first-order chi connectivity index (χ1) is 5.76. The summed E-state index contributed by atoms with van der Waals surface area (Å²) in [6.45, 7) is 5.20. The maximum Gasteiger partial charge on any atom is 0.0918 e. The van der Waals surface area contributed by atoms with Gasteiger partial charge in [0.25, 0.3) is 0 Å². The minimum Gasteiger partial charge on any atom is -0.323 e. The summed E-state index contributed by atoms with van der Waals surface area (Å²) in [5.74, 6) is 1.10. The van der Waals surface area contributed by atoms with Crippen LogP contribution in [0.2, 0.25) is 0 Å². The van der Waals surface area contributed by atoms with Gasteiger partial charge in [0.05, 0.1) is 26.2 Å². The molecule has 0 spiro atoms. The lowest BCUT2D eigenvalue weighted by molar-refractivity contribution is -0.922. The summed E-state index contributed by atoms with van der Waals surface area (Å²) in [6, 6.07) is 1.05. The third-order valence-corrected chi connectivity index (χ3v) is 4.16. The van der Waals surface area contributed by atoms with Crippen molar-refractivity contribution in [3.05, 3.63) is 0 Å². The Bertz CT molecular complexity index is 162. The molecule has 1 aliphatic carbocycles. The summed E-state index contributed by atoms with van der Waals surface area (Å²) in [6.07, 6.45) is 7.43. The number of likely N-dealkylation sites (tertiary alicyclic amines) is 1. The highest BCUT2D eigenvalue weighted by Crippen LogP contribution is 2.41. The molecule has 3 unspecified atom stereocenters. The van der Waals surface area contributed by atoms with E-state index in [0.29, 0.717) is 0 Å². The van der Waals surface area contributed by atoms with Gasteiger partial charge in [0.2, 0.25) is 0 Å². The second kappa shape index (κ2) is 3.02. The SMILES string of the molecule is CCC[N+]1(C)CCC2CCCC21. The number of hydrogen-bond donors (Lipinski definition) is 0. The Morgan fingerprint density at radius 3 is 2.83 bits per heavy atom. The van der Waals surface area contributed by atoms with E-state index in [1.807, 2.05) is 0 Å². The van der Waals surface area contributed by atoms with Crippen LogP contribution in [0.15, 0.2) is 0 Å². The summed E-state index contributed by atoms with van der Waals surface area (Å²) in [7, 11) is 2.49. The van der Waals surface area contributed by atoms with Crippen LogP contribution in [-0.2, 0) is 0 Å². The van der Waals surface area contributed by atoms with Crippen LogP contribution < -0.4 is 0 Å². The molecule has 0 radical (unpaired) electrons. The maximum absolute atomic E-state index is 2.49. The largest absolute Gasteiger partial charge is 0.323 e. The zero-order valence-electron chi connectivity index (χ0n) is 8.55. The van der Waals surface area contributed by atoms with Crippen molar-refractivity contribution in [3.63, 3.8) is 0 Å². The van der Waals surface area contributed by atoms with Gasteiger partial charge < -0.3 is 4.48 Å². The second-order valence-electron chi connectivity index (χ2n) is 4.97. The molecule has 0 aromatic heterocycles. The van der Waals surface area contributed by atoms with E-state index in [1.54, 1.807) is 0 Å². The van der Waals surface area contributed by atoms with Crippen molar-refractivity contribution >= 4 is 0 Å². The minimum absolute atomic E-state index is 1.05. The maximum atomic E-state index is 2.49. The molecule has 0 aromatic carbocycles. The molecule has 0 N–H and O–H groups in total. The molecule has 0 aromatic rings. The van der Waals surface area contributed by atoms with Crippen LogP contribution in [0.1, 0.15) is 39.0 Å². The summed E-state index contributed by atoms with van der Waals surface area (Å²) >= 11 is 0. The van der Waals surface area contributed by atoms with E-state index >= 15 is 0 Å². The van der Waals surface area contributed by atoms with Crippen LogP contribution in [-0.4, -0.2) is 30.7 Å². The van der Waals surface area contributed by atoms with Gasteiger partial charge in [-0.3, -0.25) is 0 Å². The van der Waals surface area contributed by atoms with Gasteiger partial charge in [0, 0.05) is 12.3 Å². The van der Waals surface area contributed by atoms with Crippen LogP contribution in [0.4, 0.5) is 0 Å². The van der Waals surface area contributed by atoms with Gasteiger partial charge >= 0.3 is 0 Å². The molecule has 1 heteroatoms. The van der Waals surface area contributed by atoms with Gasteiger partial charge in [-0.25, -0.2) is 0 Å². The molecule has 1 saturated carbocycles. The summed E-state index contributed by atoms with van der Waals surface area (Å²) < 4.78 is 1.40. The molecule has 12 heavy (non-hydrogen) atoms.